The van der Waals surface area contributed by atoms with Crippen molar-refractivity contribution in [3.63, 3.8) is 0 Å². The normalized spacial score (nSPS) is 35.4. The molecular formula is C12H25NO2. The third-order valence-electron chi connectivity index (χ3n) is 4.59. The van der Waals surface area contributed by atoms with E-state index in [0.29, 0.717) is 6.42 Å². The van der Waals surface area contributed by atoms with E-state index in [-0.39, 0.29) is 23.1 Å². The second-order valence-corrected chi connectivity index (χ2v) is 5.46. The van der Waals surface area contributed by atoms with Gasteiger partial charge < -0.3 is 10.3 Å². The molecule has 90 valence electrons. The molecule has 1 aliphatic rings. The van der Waals surface area contributed by atoms with Crippen LogP contribution in [0.3, 0.4) is 0 Å². The van der Waals surface area contributed by atoms with Crippen molar-refractivity contribution in [2.75, 3.05) is 0 Å². The highest BCUT2D eigenvalue weighted by atomic mass is 16.5. The lowest BCUT2D eigenvalue weighted by Crippen LogP contribution is -2.66. The fourth-order valence-electron chi connectivity index (χ4n) is 2.77. The van der Waals surface area contributed by atoms with Gasteiger partial charge in [0.05, 0.1) is 6.10 Å². The van der Waals surface area contributed by atoms with Crippen molar-refractivity contribution in [3.05, 3.63) is 0 Å². The van der Waals surface area contributed by atoms with E-state index in [1.807, 2.05) is 20.8 Å². The van der Waals surface area contributed by atoms with Crippen LogP contribution in [-0.4, -0.2) is 32.6 Å². The standard InChI is InChI=1S/C12H25NO2/c1-6-12(7-2)8-10(14)9(3)11(4,5)13(12)15/h9-10,14-15H,6-8H2,1-5H3. The van der Waals surface area contributed by atoms with Crippen LogP contribution in [-0.2, 0) is 0 Å². The molecule has 2 N–H and O–H groups in total. The minimum atomic E-state index is -0.357. The van der Waals surface area contributed by atoms with Crippen molar-refractivity contribution in [1.82, 2.24) is 5.06 Å². The smallest absolute Gasteiger partial charge is 0.0602 e. The number of rotatable bonds is 2. The molecule has 1 saturated heterocycles. The van der Waals surface area contributed by atoms with Crippen molar-refractivity contribution in [3.8, 4) is 0 Å². The Hall–Kier alpha value is -0.120. The zero-order valence-electron chi connectivity index (χ0n) is 10.6. The van der Waals surface area contributed by atoms with Crippen LogP contribution in [0.1, 0.15) is 53.9 Å². The van der Waals surface area contributed by atoms with Gasteiger partial charge in [0.1, 0.15) is 0 Å². The summed E-state index contributed by atoms with van der Waals surface area (Å²) in [6.07, 6.45) is 2.09. The molecule has 0 aromatic heterocycles. The largest absolute Gasteiger partial charge is 0.393 e. The first-order chi connectivity index (χ1) is 6.81. The second-order valence-electron chi connectivity index (χ2n) is 5.46. The molecule has 0 spiro atoms. The first-order valence-corrected chi connectivity index (χ1v) is 5.99. The summed E-state index contributed by atoms with van der Waals surface area (Å²) < 4.78 is 0. The summed E-state index contributed by atoms with van der Waals surface area (Å²) in [6, 6.07) is 0. The number of piperidine rings is 1. The number of hydrogen-bond donors (Lipinski definition) is 2. The highest BCUT2D eigenvalue weighted by molar-refractivity contribution is 5.02. The van der Waals surface area contributed by atoms with E-state index < -0.39 is 0 Å². The third kappa shape index (κ3) is 1.81. The van der Waals surface area contributed by atoms with Crippen molar-refractivity contribution in [1.29, 1.82) is 0 Å². The SMILES string of the molecule is CCC1(CC)CC(O)C(C)C(C)(C)N1O. The van der Waals surface area contributed by atoms with Gasteiger partial charge in [-0.2, -0.15) is 5.06 Å². The highest BCUT2D eigenvalue weighted by Crippen LogP contribution is 2.43. The molecule has 0 aromatic carbocycles. The molecule has 3 heteroatoms. The van der Waals surface area contributed by atoms with Gasteiger partial charge in [0, 0.05) is 17.0 Å². The van der Waals surface area contributed by atoms with Gasteiger partial charge in [-0.05, 0) is 33.1 Å². The summed E-state index contributed by atoms with van der Waals surface area (Å²) >= 11 is 0. The molecule has 0 aromatic rings. The summed E-state index contributed by atoms with van der Waals surface area (Å²) in [6.45, 7) is 10.2. The predicted molar refractivity (Wildman–Crippen MR) is 60.8 cm³/mol. The maximum absolute atomic E-state index is 10.4. The Kier molecular flexibility index (Phi) is 3.49. The average Bonchev–Trinajstić information content (AvgIpc) is 2.22. The van der Waals surface area contributed by atoms with Gasteiger partial charge in [-0.15, -0.1) is 0 Å². The molecular weight excluding hydrogens is 190 g/mol. The average molecular weight is 215 g/mol. The lowest BCUT2D eigenvalue weighted by Gasteiger charge is -2.56. The van der Waals surface area contributed by atoms with E-state index in [0.717, 1.165) is 12.8 Å². The summed E-state index contributed by atoms with van der Waals surface area (Å²) in [5.74, 6) is 0.0914. The molecule has 0 saturated carbocycles. The maximum atomic E-state index is 10.4. The van der Waals surface area contributed by atoms with Crippen molar-refractivity contribution < 1.29 is 10.3 Å². The first-order valence-electron chi connectivity index (χ1n) is 5.99. The molecule has 0 aliphatic carbocycles. The van der Waals surface area contributed by atoms with Crippen LogP contribution in [0.5, 0.6) is 0 Å². The fourth-order valence-corrected chi connectivity index (χ4v) is 2.77. The van der Waals surface area contributed by atoms with Gasteiger partial charge in [-0.3, -0.25) is 0 Å². The third-order valence-corrected chi connectivity index (χ3v) is 4.59. The van der Waals surface area contributed by atoms with E-state index >= 15 is 0 Å². The molecule has 0 radical (unpaired) electrons. The number of aliphatic hydroxyl groups is 1. The Morgan fingerprint density at radius 1 is 1.27 bits per heavy atom. The zero-order valence-corrected chi connectivity index (χ0v) is 10.6. The summed E-state index contributed by atoms with van der Waals surface area (Å²) in [7, 11) is 0. The maximum Gasteiger partial charge on any atom is 0.0602 e. The Bertz CT molecular complexity index is 224. The Morgan fingerprint density at radius 2 is 1.73 bits per heavy atom. The van der Waals surface area contributed by atoms with E-state index in [4.69, 9.17) is 0 Å². The molecule has 3 nitrogen and oxygen atoms in total. The lowest BCUT2D eigenvalue weighted by molar-refractivity contribution is -0.286. The molecule has 0 bridgehead atoms. The van der Waals surface area contributed by atoms with Crippen molar-refractivity contribution in [2.45, 2.75) is 71.1 Å². The monoisotopic (exact) mass is 215 g/mol. The first kappa shape index (κ1) is 12.9. The summed E-state index contributed by atoms with van der Waals surface area (Å²) in [4.78, 5) is 0. The number of aliphatic hydroxyl groups excluding tert-OH is 1. The molecule has 0 amide bonds. The van der Waals surface area contributed by atoms with Crippen molar-refractivity contribution in [2.24, 2.45) is 5.92 Å². The van der Waals surface area contributed by atoms with Crippen LogP contribution in [0.25, 0.3) is 0 Å². The topological polar surface area (TPSA) is 43.7 Å². The van der Waals surface area contributed by atoms with E-state index in [9.17, 15) is 10.3 Å². The minimum Gasteiger partial charge on any atom is -0.393 e. The van der Waals surface area contributed by atoms with E-state index in [2.05, 4.69) is 13.8 Å². The summed E-state index contributed by atoms with van der Waals surface area (Å²) in [5.41, 5.74) is -0.612. The van der Waals surface area contributed by atoms with Crippen LogP contribution in [0.15, 0.2) is 0 Å². The molecule has 1 aliphatic heterocycles. The highest BCUT2D eigenvalue weighted by Gasteiger charge is 2.51. The number of hydroxylamine groups is 2. The fraction of sp³-hybridized carbons (Fsp3) is 1.00. The number of hydrogen-bond acceptors (Lipinski definition) is 3. The van der Waals surface area contributed by atoms with Crippen LogP contribution < -0.4 is 0 Å². The molecule has 15 heavy (non-hydrogen) atoms. The van der Waals surface area contributed by atoms with E-state index in [1.54, 1.807) is 0 Å². The van der Waals surface area contributed by atoms with Crippen LogP contribution >= 0.6 is 0 Å². The van der Waals surface area contributed by atoms with Crippen LogP contribution in [0.4, 0.5) is 0 Å². The van der Waals surface area contributed by atoms with Gasteiger partial charge in [0.25, 0.3) is 0 Å². The molecule has 1 fully saturated rings. The Balaban J connectivity index is 3.05. The molecule has 1 heterocycles. The molecule has 2 atom stereocenters. The van der Waals surface area contributed by atoms with Gasteiger partial charge in [0.2, 0.25) is 0 Å². The van der Waals surface area contributed by atoms with Crippen molar-refractivity contribution >= 4 is 0 Å². The van der Waals surface area contributed by atoms with Gasteiger partial charge in [0.15, 0.2) is 0 Å². The summed E-state index contributed by atoms with van der Waals surface area (Å²) in [5, 5.41) is 21.9. The minimum absolute atomic E-state index is 0.0914. The van der Waals surface area contributed by atoms with Gasteiger partial charge >= 0.3 is 0 Å². The van der Waals surface area contributed by atoms with Crippen LogP contribution in [0, 0.1) is 5.92 Å². The Morgan fingerprint density at radius 3 is 2.13 bits per heavy atom. The molecule has 2 unspecified atom stereocenters. The van der Waals surface area contributed by atoms with Crippen LogP contribution in [0.2, 0.25) is 0 Å². The lowest BCUT2D eigenvalue weighted by atomic mass is 9.70. The quantitative estimate of drug-likeness (QED) is 0.743. The second kappa shape index (κ2) is 4.04. The number of nitrogens with zero attached hydrogens (tertiary/aromatic N) is 1. The predicted octanol–water partition coefficient (Wildman–Crippen LogP) is 2.42. The Labute approximate surface area is 93.1 Å². The van der Waals surface area contributed by atoms with Gasteiger partial charge in [-0.1, -0.05) is 20.8 Å². The van der Waals surface area contributed by atoms with E-state index in [1.165, 1.54) is 5.06 Å². The zero-order chi connectivity index (χ0) is 11.9. The van der Waals surface area contributed by atoms with Gasteiger partial charge in [-0.25, -0.2) is 0 Å². The molecule has 1 rings (SSSR count).